The van der Waals surface area contributed by atoms with Gasteiger partial charge in [0.2, 0.25) is 0 Å². The van der Waals surface area contributed by atoms with Crippen molar-refractivity contribution in [3.8, 4) is 17.5 Å². The van der Waals surface area contributed by atoms with Gasteiger partial charge < -0.3 is 4.74 Å². The van der Waals surface area contributed by atoms with Crippen molar-refractivity contribution in [2.75, 3.05) is 7.11 Å². The molecule has 0 aliphatic rings. The highest BCUT2D eigenvalue weighted by atomic mass is 16.5. The van der Waals surface area contributed by atoms with Crippen LogP contribution in [-0.2, 0) is 0 Å². The first-order valence-electron chi connectivity index (χ1n) is 5.31. The molecule has 0 radical (unpaired) electrons. The van der Waals surface area contributed by atoms with Crippen LogP contribution in [-0.4, -0.2) is 16.9 Å². The van der Waals surface area contributed by atoms with Crippen LogP contribution in [0.3, 0.4) is 0 Å². The molecule has 18 heavy (non-hydrogen) atoms. The van der Waals surface area contributed by atoms with E-state index in [2.05, 4.69) is 5.10 Å². The fourth-order valence-electron chi connectivity index (χ4n) is 1.58. The molecule has 0 unspecified atom stereocenters. The van der Waals surface area contributed by atoms with E-state index in [1.54, 1.807) is 38.3 Å². The Balaban J connectivity index is 2.61. The quantitative estimate of drug-likeness (QED) is 0.797. The Hall–Kier alpha value is -2.61. The zero-order valence-electron chi connectivity index (χ0n) is 10.0. The van der Waals surface area contributed by atoms with E-state index >= 15 is 0 Å². The minimum atomic E-state index is -0.342. The molecule has 2 aromatic rings. The Bertz CT molecular complexity index is 683. The Morgan fingerprint density at radius 2 is 2.17 bits per heavy atom. The molecule has 1 heterocycles. The average Bonchev–Trinajstić information content (AvgIpc) is 2.41. The Kier molecular flexibility index (Phi) is 3.11. The van der Waals surface area contributed by atoms with E-state index < -0.39 is 0 Å². The van der Waals surface area contributed by atoms with Crippen LogP contribution in [0.5, 0.6) is 5.75 Å². The molecule has 0 aliphatic carbocycles. The molecule has 0 fully saturated rings. The van der Waals surface area contributed by atoms with Crippen molar-refractivity contribution in [3.63, 3.8) is 0 Å². The first-order valence-corrected chi connectivity index (χ1v) is 5.31. The zero-order valence-corrected chi connectivity index (χ0v) is 10.0. The van der Waals surface area contributed by atoms with E-state index in [1.807, 2.05) is 6.07 Å². The molecular weight excluding hydrogens is 230 g/mol. The van der Waals surface area contributed by atoms with Crippen molar-refractivity contribution < 1.29 is 4.74 Å². The number of ether oxygens (including phenoxy) is 1. The van der Waals surface area contributed by atoms with Crippen molar-refractivity contribution in [3.05, 3.63) is 51.9 Å². The maximum atomic E-state index is 11.9. The largest absolute Gasteiger partial charge is 0.497 e. The summed E-state index contributed by atoms with van der Waals surface area (Å²) in [6.45, 7) is 1.69. The maximum absolute atomic E-state index is 11.9. The van der Waals surface area contributed by atoms with Gasteiger partial charge in [-0.2, -0.15) is 15.0 Å². The van der Waals surface area contributed by atoms with Crippen LogP contribution in [0, 0.1) is 18.3 Å². The van der Waals surface area contributed by atoms with Crippen LogP contribution < -0.4 is 10.3 Å². The van der Waals surface area contributed by atoms with E-state index in [-0.39, 0.29) is 5.56 Å². The van der Waals surface area contributed by atoms with Gasteiger partial charge in [0.15, 0.2) is 0 Å². The van der Waals surface area contributed by atoms with Crippen LogP contribution in [0.15, 0.2) is 35.1 Å². The number of rotatable bonds is 2. The average molecular weight is 241 g/mol. The maximum Gasteiger partial charge on any atom is 0.272 e. The predicted molar refractivity (Wildman–Crippen MR) is 65.8 cm³/mol. The lowest BCUT2D eigenvalue weighted by atomic mass is 10.2. The molecule has 0 bridgehead atoms. The number of aryl methyl sites for hydroxylation is 1. The molecule has 1 aromatic heterocycles. The van der Waals surface area contributed by atoms with Gasteiger partial charge >= 0.3 is 0 Å². The molecule has 0 saturated heterocycles. The van der Waals surface area contributed by atoms with E-state index in [9.17, 15) is 4.79 Å². The molecule has 5 nitrogen and oxygen atoms in total. The molecule has 5 heteroatoms. The van der Waals surface area contributed by atoms with Gasteiger partial charge in [-0.25, -0.2) is 0 Å². The number of nitriles is 1. The normalized spacial score (nSPS) is 9.83. The van der Waals surface area contributed by atoms with Gasteiger partial charge in [-0.15, -0.1) is 0 Å². The minimum absolute atomic E-state index is 0.291. The summed E-state index contributed by atoms with van der Waals surface area (Å²) in [5.41, 5.74) is 1.07. The zero-order chi connectivity index (χ0) is 13.1. The van der Waals surface area contributed by atoms with Crippen molar-refractivity contribution >= 4 is 0 Å². The highest BCUT2D eigenvalue weighted by molar-refractivity contribution is 5.40. The van der Waals surface area contributed by atoms with Crippen molar-refractivity contribution in [2.24, 2.45) is 0 Å². The highest BCUT2D eigenvalue weighted by Crippen LogP contribution is 2.14. The van der Waals surface area contributed by atoms with Crippen LogP contribution in [0.2, 0.25) is 0 Å². The van der Waals surface area contributed by atoms with Gasteiger partial charge in [0.1, 0.15) is 11.8 Å². The fourth-order valence-corrected chi connectivity index (χ4v) is 1.58. The van der Waals surface area contributed by atoms with E-state index in [0.717, 1.165) is 0 Å². The molecule has 0 amide bonds. The highest BCUT2D eigenvalue weighted by Gasteiger charge is 2.07. The minimum Gasteiger partial charge on any atom is -0.497 e. The first kappa shape index (κ1) is 11.9. The standard InChI is InChI=1S/C13H11N3O2/c1-9-10(8-14)6-13(17)16(15-9)11-4-3-5-12(7-11)18-2/h3-7H,1-2H3. The smallest absolute Gasteiger partial charge is 0.272 e. The molecule has 0 atom stereocenters. The lowest BCUT2D eigenvalue weighted by Crippen LogP contribution is -2.22. The van der Waals surface area contributed by atoms with Crippen LogP contribution in [0.4, 0.5) is 0 Å². The molecule has 90 valence electrons. The van der Waals surface area contributed by atoms with Crippen LogP contribution in [0.1, 0.15) is 11.3 Å². The summed E-state index contributed by atoms with van der Waals surface area (Å²) in [5.74, 6) is 0.642. The lowest BCUT2D eigenvalue weighted by Gasteiger charge is -2.07. The third kappa shape index (κ3) is 2.09. The van der Waals surface area contributed by atoms with Gasteiger partial charge in [-0.3, -0.25) is 4.79 Å². The topological polar surface area (TPSA) is 67.9 Å². The van der Waals surface area contributed by atoms with Gasteiger partial charge in [0.25, 0.3) is 5.56 Å². The number of aromatic nitrogens is 2. The van der Waals surface area contributed by atoms with E-state index in [1.165, 1.54) is 10.7 Å². The second kappa shape index (κ2) is 4.72. The summed E-state index contributed by atoms with van der Waals surface area (Å²) in [6, 6.07) is 10.2. The van der Waals surface area contributed by atoms with Crippen LogP contribution in [0.25, 0.3) is 5.69 Å². The molecule has 0 spiro atoms. The first-order chi connectivity index (χ1) is 8.65. The Morgan fingerprint density at radius 1 is 1.39 bits per heavy atom. The SMILES string of the molecule is COc1cccc(-n2nc(C)c(C#N)cc2=O)c1. The third-order valence-corrected chi connectivity index (χ3v) is 2.53. The lowest BCUT2D eigenvalue weighted by molar-refractivity contribution is 0.414. The summed E-state index contributed by atoms with van der Waals surface area (Å²) in [7, 11) is 1.55. The monoisotopic (exact) mass is 241 g/mol. The molecule has 2 rings (SSSR count). The number of methoxy groups -OCH3 is 1. The van der Waals surface area contributed by atoms with E-state index in [4.69, 9.17) is 10.00 Å². The van der Waals surface area contributed by atoms with Gasteiger partial charge in [0.05, 0.1) is 24.1 Å². The van der Waals surface area contributed by atoms with Gasteiger partial charge in [0, 0.05) is 12.1 Å². The molecular formula is C13H11N3O2. The molecule has 0 N–H and O–H groups in total. The summed E-state index contributed by atoms with van der Waals surface area (Å²) < 4.78 is 6.34. The number of benzene rings is 1. The summed E-state index contributed by atoms with van der Waals surface area (Å²) in [4.78, 5) is 11.9. The predicted octanol–water partition coefficient (Wildman–Crippen LogP) is 1.42. The number of hydrogen-bond donors (Lipinski definition) is 0. The Labute approximate surface area is 104 Å². The fraction of sp³-hybridized carbons (Fsp3) is 0.154. The Morgan fingerprint density at radius 3 is 2.83 bits per heavy atom. The van der Waals surface area contributed by atoms with Crippen LogP contribution >= 0.6 is 0 Å². The van der Waals surface area contributed by atoms with Gasteiger partial charge in [-0.1, -0.05) is 6.07 Å². The second-order valence-electron chi connectivity index (χ2n) is 3.71. The molecule has 1 aromatic carbocycles. The van der Waals surface area contributed by atoms with Crippen molar-refractivity contribution in [1.29, 1.82) is 5.26 Å². The summed E-state index contributed by atoms with van der Waals surface area (Å²) >= 11 is 0. The number of nitrogens with zero attached hydrogens (tertiary/aromatic N) is 3. The summed E-state index contributed by atoms with van der Waals surface area (Å²) in [5, 5.41) is 12.9. The molecule has 0 saturated carbocycles. The van der Waals surface area contributed by atoms with Gasteiger partial charge in [-0.05, 0) is 19.1 Å². The number of hydrogen-bond acceptors (Lipinski definition) is 4. The summed E-state index contributed by atoms with van der Waals surface area (Å²) in [6.07, 6.45) is 0. The van der Waals surface area contributed by atoms with Crippen molar-refractivity contribution in [2.45, 2.75) is 6.92 Å². The van der Waals surface area contributed by atoms with E-state index in [0.29, 0.717) is 22.7 Å². The second-order valence-corrected chi connectivity index (χ2v) is 3.71. The third-order valence-electron chi connectivity index (χ3n) is 2.53. The molecule has 0 aliphatic heterocycles. The van der Waals surface area contributed by atoms with Crippen molar-refractivity contribution in [1.82, 2.24) is 9.78 Å².